The number of hydrogen-bond donors (Lipinski definition) is 0. The van der Waals surface area contributed by atoms with Crippen LogP contribution in [0.4, 0.5) is 0 Å². The van der Waals surface area contributed by atoms with Crippen molar-refractivity contribution in [2.24, 2.45) is 4.99 Å². The molecule has 0 amide bonds. The molecule has 3 rings (SSSR count). The van der Waals surface area contributed by atoms with Crippen molar-refractivity contribution >= 4 is 23.4 Å². The third-order valence-electron chi connectivity index (χ3n) is 3.82. The molecule has 1 aliphatic rings. The highest BCUT2D eigenvalue weighted by Crippen LogP contribution is 2.29. The van der Waals surface area contributed by atoms with Crippen LogP contribution in [0.2, 0.25) is 0 Å². The normalized spacial score (nSPS) is 20.5. The fourth-order valence-corrected chi connectivity index (χ4v) is 3.59. The van der Waals surface area contributed by atoms with E-state index in [2.05, 4.69) is 18.7 Å². The SMILES string of the molecule is C=C1OC(=O)C(C)(CSCc2ccccc2)N=C1c1ccccc1. The number of thioether (sulfide) groups is 1. The molecule has 0 N–H and O–H groups in total. The number of allylic oxidation sites excluding steroid dienone is 1. The van der Waals surface area contributed by atoms with Gasteiger partial charge in [0.15, 0.2) is 5.54 Å². The first-order valence-corrected chi connectivity index (χ1v) is 8.92. The summed E-state index contributed by atoms with van der Waals surface area (Å²) in [5.74, 6) is 1.37. The maximum Gasteiger partial charge on any atom is 0.340 e. The lowest BCUT2D eigenvalue weighted by Gasteiger charge is -2.29. The van der Waals surface area contributed by atoms with Crippen LogP contribution in [0.5, 0.6) is 0 Å². The van der Waals surface area contributed by atoms with Crippen molar-refractivity contribution < 1.29 is 9.53 Å². The third kappa shape index (κ3) is 3.60. The lowest BCUT2D eigenvalue weighted by molar-refractivity contribution is -0.144. The molecule has 1 heterocycles. The van der Waals surface area contributed by atoms with Gasteiger partial charge in [0, 0.05) is 17.1 Å². The van der Waals surface area contributed by atoms with Crippen molar-refractivity contribution in [2.75, 3.05) is 5.75 Å². The van der Waals surface area contributed by atoms with E-state index in [1.807, 2.05) is 55.5 Å². The van der Waals surface area contributed by atoms with Crippen molar-refractivity contribution in [1.29, 1.82) is 0 Å². The second-order valence-electron chi connectivity index (χ2n) is 5.89. The summed E-state index contributed by atoms with van der Waals surface area (Å²) in [6.07, 6.45) is 0. The second-order valence-corrected chi connectivity index (χ2v) is 6.88. The molecule has 24 heavy (non-hydrogen) atoms. The van der Waals surface area contributed by atoms with Crippen molar-refractivity contribution in [2.45, 2.75) is 18.2 Å². The molecule has 4 heteroatoms. The molecule has 122 valence electrons. The van der Waals surface area contributed by atoms with E-state index in [-0.39, 0.29) is 5.97 Å². The van der Waals surface area contributed by atoms with E-state index in [4.69, 9.17) is 9.73 Å². The Labute approximate surface area is 146 Å². The zero-order chi connectivity index (χ0) is 17.0. The van der Waals surface area contributed by atoms with Gasteiger partial charge in [0.25, 0.3) is 0 Å². The van der Waals surface area contributed by atoms with Crippen LogP contribution in [-0.2, 0) is 15.3 Å². The van der Waals surface area contributed by atoms with Crippen LogP contribution >= 0.6 is 11.8 Å². The highest BCUT2D eigenvalue weighted by molar-refractivity contribution is 7.98. The zero-order valence-corrected chi connectivity index (χ0v) is 14.4. The molecule has 0 fully saturated rings. The Morgan fingerprint density at radius 1 is 1.08 bits per heavy atom. The topological polar surface area (TPSA) is 38.7 Å². The molecular weight excluding hydrogens is 318 g/mol. The van der Waals surface area contributed by atoms with E-state index < -0.39 is 5.54 Å². The number of rotatable bonds is 5. The minimum atomic E-state index is -0.897. The fourth-order valence-electron chi connectivity index (χ4n) is 2.48. The van der Waals surface area contributed by atoms with Crippen molar-refractivity contribution in [3.8, 4) is 0 Å². The van der Waals surface area contributed by atoms with Gasteiger partial charge in [-0.3, -0.25) is 4.99 Å². The van der Waals surface area contributed by atoms with E-state index in [9.17, 15) is 4.79 Å². The van der Waals surface area contributed by atoms with Crippen molar-refractivity contribution in [1.82, 2.24) is 0 Å². The Morgan fingerprint density at radius 2 is 1.71 bits per heavy atom. The first-order chi connectivity index (χ1) is 11.6. The summed E-state index contributed by atoms with van der Waals surface area (Å²) in [4.78, 5) is 17.0. The first kappa shape index (κ1) is 16.5. The van der Waals surface area contributed by atoms with Crippen molar-refractivity contribution in [3.63, 3.8) is 0 Å². The summed E-state index contributed by atoms with van der Waals surface area (Å²) in [7, 11) is 0. The molecule has 3 nitrogen and oxygen atoms in total. The quantitative estimate of drug-likeness (QED) is 0.766. The number of cyclic esters (lactones) is 1. The summed E-state index contributed by atoms with van der Waals surface area (Å²) >= 11 is 1.68. The molecule has 0 spiro atoms. The van der Waals surface area contributed by atoms with Gasteiger partial charge in [0.1, 0.15) is 11.5 Å². The Hall–Kier alpha value is -2.33. The molecular formula is C20H19NO2S. The number of carbonyl (C=O) groups is 1. The zero-order valence-electron chi connectivity index (χ0n) is 13.6. The molecule has 0 radical (unpaired) electrons. The predicted octanol–water partition coefficient (Wildman–Crippen LogP) is 4.24. The molecule has 1 atom stereocenters. The number of carbonyl (C=O) groups excluding carboxylic acids is 1. The van der Waals surface area contributed by atoms with Gasteiger partial charge < -0.3 is 4.74 Å². The summed E-state index contributed by atoms with van der Waals surface area (Å²) in [5.41, 5.74) is 1.89. The van der Waals surface area contributed by atoms with E-state index >= 15 is 0 Å². The monoisotopic (exact) mass is 337 g/mol. The molecule has 0 bridgehead atoms. The summed E-state index contributed by atoms with van der Waals surface area (Å²) < 4.78 is 5.39. The number of hydrogen-bond acceptors (Lipinski definition) is 4. The molecule has 2 aromatic carbocycles. The number of nitrogens with zero attached hydrogens (tertiary/aromatic N) is 1. The van der Waals surface area contributed by atoms with Crippen LogP contribution in [-0.4, -0.2) is 23.0 Å². The van der Waals surface area contributed by atoms with Gasteiger partial charge in [-0.1, -0.05) is 67.2 Å². The van der Waals surface area contributed by atoms with E-state index in [1.165, 1.54) is 5.56 Å². The van der Waals surface area contributed by atoms with Gasteiger partial charge in [-0.15, -0.1) is 0 Å². The number of ether oxygens (including phenoxy) is 1. The number of benzene rings is 2. The van der Waals surface area contributed by atoms with Crippen LogP contribution in [0.25, 0.3) is 0 Å². The molecule has 0 saturated carbocycles. The molecule has 2 aromatic rings. The number of esters is 1. The van der Waals surface area contributed by atoms with E-state index in [0.29, 0.717) is 17.2 Å². The molecule has 0 aromatic heterocycles. The van der Waals surface area contributed by atoms with Crippen LogP contribution in [0.1, 0.15) is 18.1 Å². The summed E-state index contributed by atoms with van der Waals surface area (Å²) in [6.45, 7) is 5.66. The fraction of sp³-hybridized carbons (Fsp3) is 0.200. The smallest absolute Gasteiger partial charge is 0.340 e. The van der Waals surface area contributed by atoms with Crippen molar-refractivity contribution in [3.05, 3.63) is 84.1 Å². The standard InChI is InChI=1S/C20H19NO2S/c1-15-18(17-11-7-4-8-12-17)21-20(2,19(22)23-15)14-24-13-16-9-5-3-6-10-16/h3-12H,1,13-14H2,2H3. The predicted molar refractivity (Wildman–Crippen MR) is 99.2 cm³/mol. The first-order valence-electron chi connectivity index (χ1n) is 7.77. The Morgan fingerprint density at radius 3 is 2.38 bits per heavy atom. The van der Waals surface area contributed by atoms with E-state index in [0.717, 1.165) is 11.3 Å². The average molecular weight is 337 g/mol. The summed E-state index contributed by atoms with van der Waals surface area (Å²) in [6, 6.07) is 19.9. The Balaban J connectivity index is 1.78. The second kappa shape index (κ2) is 7.05. The van der Waals surface area contributed by atoms with Gasteiger partial charge in [0.05, 0.1) is 0 Å². The minimum absolute atomic E-state index is 0.316. The van der Waals surface area contributed by atoms with E-state index in [1.54, 1.807) is 11.8 Å². The van der Waals surface area contributed by atoms with Crippen LogP contribution in [0.3, 0.4) is 0 Å². The number of aliphatic imine (C=N–C) groups is 1. The van der Waals surface area contributed by atoms with Crippen LogP contribution in [0, 0.1) is 0 Å². The lowest BCUT2D eigenvalue weighted by atomic mass is 10.0. The van der Waals surface area contributed by atoms with Gasteiger partial charge in [-0.05, 0) is 12.5 Å². The lowest BCUT2D eigenvalue weighted by Crippen LogP contribution is -2.43. The maximum absolute atomic E-state index is 12.3. The molecule has 1 aliphatic heterocycles. The van der Waals surface area contributed by atoms with Gasteiger partial charge in [-0.25, -0.2) is 4.79 Å². The maximum atomic E-state index is 12.3. The van der Waals surface area contributed by atoms with Crippen LogP contribution < -0.4 is 0 Å². The largest absolute Gasteiger partial charge is 0.423 e. The third-order valence-corrected chi connectivity index (χ3v) is 5.12. The van der Waals surface area contributed by atoms with Gasteiger partial charge in [-0.2, -0.15) is 11.8 Å². The molecule has 1 unspecified atom stereocenters. The van der Waals surface area contributed by atoms with Gasteiger partial charge >= 0.3 is 5.97 Å². The van der Waals surface area contributed by atoms with Crippen LogP contribution in [0.15, 0.2) is 78.0 Å². The minimum Gasteiger partial charge on any atom is -0.423 e. The highest BCUT2D eigenvalue weighted by Gasteiger charge is 2.40. The Kier molecular flexibility index (Phi) is 4.86. The Bertz CT molecular complexity index is 771. The molecule has 0 aliphatic carbocycles. The highest BCUT2D eigenvalue weighted by atomic mass is 32.2. The average Bonchev–Trinajstić information content (AvgIpc) is 2.60. The summed E-state index contributed by atoms with van der Waals surface area (Å²) in [5, 5.41) is 0. The van der Waals surface area contributed by atoms with Gasteiger partial charge in [0.2, 0.25) is 0 Å². The molecule has 0 saturated heterocycles.